The zero-order valence-electron chi connectivity index (χ0n) is 22.0. The summed E-state index contributed by atoms with van der Waals surface area (Å²) >= 11 is 0. The highest BCUT2D eigenvalue weighted by molar-refractivity contribution is 5.47. The Kier molecular flexibility index (Phi) is 11.1. The average molecular weight is 599 g/mol. The van der Waals surface area contributed by atoms with E-state index in [1.54, 1.807) is 24.3 Å². The Balaban J connectivity index is 1.76. The lowest BCUT2D eigenvalue weighted by Gasteiger charge is -2.20. The first kappa shape index (κ1) is 32.2. The van der Waals surface area contributed by atoms with Gasteiger partial charge in [0.25, 0.3) is 0 Å². The quantitative estimate of drug-likeness (QED) is 0.0721. The van der Waals surface area contributed by atoms with Crippen molar-refractivity contribution >= 4 is 0 Å². The summed E-state index contributed by atoms with van der Waals surface area (Å²) in [5, 5.41) is 0. The van der Waals surface area contributed by atoms with Crippen molar-refractivity contribution in [2.45, 2.75) is 32.3 Å². The molecule has 3 aromatic rings. The number of ether oxygens (including phenoxy) is 2. The monoisotopic (exact) mass is 598 g/mol. The van der Waals surface area contributed by atoms with Gasteiger partial charge in [0.1, 0.15) is 41.2 Å². The van der Waals surface area contributed by atoms with Crippen molar-refractivity contribution in [3.05, 3.63) is 118 Å². The molecule has 0 bridgehead atoms. The molecule has 42 heavy (non-hydrogen) atoms. The van der Waals surface area contributed by atoms with E-state index in [9.17, 15) is 39.5 Å². The van der Waals surface area contributed by atoms with Crippen LogP contribution in [0, 0.1) is 40.9 Å². The van der Waals surface area contributed by atoms with Crippen LogP contribution >= 0.6 is 0 Å². The van der Waals surface area contributed by atoms with Crippen molar-refractivity contribution in [2.75, 3.05) is 13.3 Å². The molecule has 0 atom stereocenters. The first-order valence-electron chi connectivity index (χ1n) is 12.5. The van der Waals surface area contributed by atoms with E-state index >= 15 is 0 Å². The Labute approximate surface area is 236 Å². The van der Waals surface area contributed by atoms with Crippen LogP contribution in [0.4, 0.5) is 39.5 Å². The molecule has 0 aliphatic carbocycles. The first-order chi connectivity index (χ1) is 19.9. The van der Waals surface area contributed by atoms with Crippen LogP contribution < -0.4 is 9.47 Å². The van der Waals surface area contributed by atoms with Crippen LogP contribution in [0.1, 0.15) is 36.5 Å². The second kappa shape index (κ2) is 14.5. The number of unbranched alkanes of at least 4 members (excludes halogenated alkanes) is 1. The SMILES string of the molecule is CCCCOc1ccc(C#CC(=C/CF)/C=C(/F)Cc2cc(F)c(C(F)(F)Oc3cc(F)c(F)c(F)c3)c(F)c2)cc1. The van der Waals surface area contributed by atoms with Gasteiger partial charge in [-0.05, 0) is 60.5 Å². The molecule has 0 fully saturated rings. The van der Waals surface area contributed by atoms with Crippen LogP contribution in [0.15, 0.2) is 72.1 Å². The highest BCUT2D eigenvalue weighted by atomic mass is 19.3. The molecule has 0 spiro atoms. The van der Waals surface area contributed by atoms with Crippen molar-refractivity contribution in [2.24, 2.45) is 0 Å². The van der Waals surface area contributed by atoms with Gasteiger partial charge < -0.3 is 9.47 Å². The van der Waals surface area contributed by atoms with Crippen molar-refractivity contribution in [1.29, 1.82) is 0 Å². The molecule has 0 saturated carbocycles. The second-order valence-electron chi connectivity index (χ2n) is 8.81. The predicted molar refractivity (Wildman–Crippen MR) is 138 cm³/mol. The Hall–Kier alpha value is -4.33. The maximum Gasteiger partial charge on any atom is 0.432 e. The largest absolute Gasteiger partial charge is 0.494 e. The van der Waals surface area contributed by atoms with Gasteiger partial charge in [-0.1, -0.05) is 25.2 Å². The average Bonchev–Trinajstić information content (AvgIpc) is 2.90. The Morgan fingerprint density at radius 2 is 1.50 bits per heavy atom. The van der Waals surface area contributed by atoms with Gasteiger partial charge in [-0.25, -0.2) is 30.7 Å². The topological polar surface area (TPSA) is 18.5 Å². The molecular formula is C31H23F9O2. The van der Waals surface area contributed by atoms with Crippen LogP contribution in [0.25, 0.3) is 0 Å². The lowest BCUT2D eigenvalue weighted by atomic mass is 10.0. The molecule has 0 aliphatic rings. The van der Waals surface area contributed by atoms with Gasteiger partial charge in [-0.15, -0.1) is 0 Å². The third-order valence-electron chi connectivity index (χ3n) is 5.55. The number of hydrogen-bond acceptors (Lipinski definition) is 2. The van der Waals surface area contributed by atoms with E-state index in [1.165, 1.54) is 0 Å². The molecule has 0 saturated heterocycles. The van der Waals surface area contributed by atoms with E-state index < -0.39 is 71.0 Å². The highest BCUT2D eigenvalue weighted by Gasteiger charge is 2.41. The molecule has 0 radical (unpaired) electrons. The van der Waals surface area contributed by atoms with Gasteiger partial charge in [-0.2, -0.15) is 8.78 Å². The number of allylic oxidation sites excluding steroid dienone is 4. The molecule has 3 rings (SSSR count). The van der Waals surface area contributed by atoms with Crippen molar-refractivity contribution in [3.8, 4) is 23.3 Å². The summed E-state index contributed by atoms with van der Waals surface area (Å²) in [6.07, 6.45) is -1.90. The molecule has 3 aromatic carbocycles. The van der Waals surface area contributed by atoms with E-state index in [4.69, 9.17) is 4.74 Å². The van der Waals surface area contributed by atoms with Crippen LogP contribution in [0.5, 0.6) is 11.5 Å². The Bertz CT molecular complexity index is 1470. The maximum atomic E-state index is 14.7. The molecule has 222 valence electrons. The number of benzene rings is 3. The Morgan fingerprint density at radius 3 is 2.07 bits per heavy atom. The summed E-state index contributed by atoms with van der Waals surface area (Å²) < 4.78 is 135. The molecule has 0 aromatic heterocycles. The van der Waals surface area contributed by atoms with Crippen molar-refractivity contribution in [1.82, 2.24) is 0 Å². The summed E-state index contributed by atoms with van der Waals surface area (Å²) in [6.45, 7) is 1.59. The van der Waals surface area contributed by atoms with Crippen LogP contribution in [0.2, 0.25) is 0 Å². The van der Waals surface area contributed by atoms with E-state index in [1.807, 2.05) is 6.92 Å². The summed E-state index contributed by atoms with van der Waals surface area (Å²) in [7, 11) is 0. The minimum atomic E-state index is -4.79. The fourth-order valence-electron chi connectivity index (χ4n) is 3.55. The molecule has 0 amide bonds. The molecule has 0 unspecified atom stereocenters. The van der Waals surface area contributed by atoms with Gasteiger partial charge in [0, 0.05) is 29.7 Å². The van der Waals surface area contributed by atoms with Crippen molar-refractivity contribution < 1.29 is 49.0 Å². The molecular weight excluding hydrogens is 575 g/mol. The lowest BCUT2D eigenvalue weighted by molar-refractivity contribution is -0.189. The van der Waals surface area contributed by atoms with Crippen molar-refractivity contribution in [3.63, 3.8) is 0 Å². The van der Waals surface area contributed by atoms with Gasteiger partial charge >= 0.3 is 6.11 Å². The van der Waals surface area contributed by atoms with Crippen LogP contribution in [-0.2, 0) is 12.5 Å². The van der Waals surface area contributed by atoms with E-state index in [0.717, 1.165) is 25.0 Å². The van der Waals surface area contributed by atoms with Gasteiger partial charge in [0.05, 0.1) is 6.61 Å². The zero-order valence-corrected chi connectivity index (χ0v) is 22.0. The normalized spacial score (nSPS) is 12.1. The smallest absolute Gasteiger partial charge is 0.432 e. The number of hydrogen-bond donors (Lipinski definition) is 0. The number of rotatable bonds is 11. The molecule has 2 nitrogen and oxygen atoms in total. The third-order valence-corrected chi connectivity index (χ3v) is 5.55. The van der Waals surface area contributed by atoms with E-state index in [-0.39, 0.29) is 17.7 Å². The summed E-state index contributed by atoms with van der Waals surface area (Å²) in [5.74, 6) is -5.71. The third kappa shape index (κ3) is 8.83. The first-order valence-corrected chi connectivity index (χ1v) is 12.5. The minimum absolute atomic E-state index is 0.0696. The van der Waals surface area contributed by atoms with Gasteiger partial charge in [0.15, 0.2) is 17.5 Å². The molecule has 0 heterocycles. The van der Waals surface area contributed by atoms with Gasteiger partial charge in [-0.3, -0.25) is 0 Å². The lowest BCUT2D eigenvalue weighted by Crippen LogP contribution is -2.25. The predicted octanol–water partition coefficient (Wildman–Crippen LogP) is 9.03. The molecule has 0 aliphatic heterocycles. The highest BCUT2D eigenvalue weighted by Crippen LogP contribution is 2.36. The van der Waals surface area contributed by atoms with Crippen LogP contribution in [0.3, 0.4) is 0 Å². The van der Waals surface area contributed by atoms with E-state index in [2.05, 4.69) is 16.6 Å². The Morgan fingerprint density at radius 1 is 0.881 bits per heavy atom. The summed E-state index contributed by atoms with van der Waals surface area (Å²) in [5.41, 5.74) is -1.91. The fraction of sp³-hybridized carbons (Fsp3) is 0.226. The molecule has 0 N–H and O–H groups in total. The second-order valence-corrected chi connectivity index (χ2v) is 8.81. The van der Waals surface area contributed by atoms with Crippen LogP contribution in [-0.4, -0.2) is 13.3 Å². The maximum absolute atomic E-state index is 14.7. The number of halogens is 9. The number of alkyl halides is 3. The fourth-order valence-corrected chi connectivity index (χ4v) is 3.55. The standard InChI is InChI=1S/C31H23F9O2/c1-2-3-12-41-23-8-6-19(7-9-23)4-5-20(10-11-32)13-22(33)14-21-15-25(34)29(26(35)16-21)31(39,40)42-24-17-27(36)30(38)28(37)18-24/h6-10,13,15-18H,2-3,11-12,14H2,1H3/b20-10-,22-13+. The minimum Gasteiger partial charge on any atom is -0.494 e. The summed E-state index contributed by atoms with van der Waals surface area (Å²) in [6, 6.07) is 7.62. The van der Waals surface area contributed by atoms with Gasteiger partial charge in [0.2, 0.25) is 0 Å². The zero-order chi connectivity index (χ0) is 30.9. The summed E-state index contributed by atoms with van der Waals surface area (Å²) in [4.78, 5) is 0. The molecule has 11 heteroatoms. The van der Waals surface area contributed by atoms with E-state index in [0.29, 0.717) is 30.1 Å².